The molecule has 3 rings (SSSR count). The van der Waals surface area contributed by atoms with E-state index in [-0.39, 0.29) is 31.6 Å². The third kappa shape index (κ3) is 7.06. The van der Waals surface area contributed by atoms with Gasteiger partial charge in [-0.3, -0.25) is 0 Å². The molecule has 1 unspecified atom stereocenters. The first-order valence-corrected chi connectivity index (χ1v) is 12.1. The molecule has 10 heteroatoms. The van der Waals surface area contributed by atoms with Crippen molar-refractivity contribution in [2.24, 2.45) is 11.8 Å². The lowest BCUT2D eigenvalue weighted by atomic mass is 9.87. The average Bonchev–Trinajstić information content (AvgIpc) is 2.81. The Morgan fingerprint density at radius 2 is 1.63 bits per heavy atom. The maximum absolute atomic E-state index is 14.8. The van der Waals surface area contributed by atoms with E-state index in [0.717, 1.165) is 25.0 Å². The van der Waals surface area contributed by atoms with Gasteiger partial charge in [-0.25, -0.2) is 4.39 Å². The number of alkyl halides is 4. The molecule has 0 aromatic heterocycles. The lowest BCUT2D eigenvalue weighted by Gasteiger charge is -2.35. The molecule has 1 aromatic rings. The summed E-state index contributed by atoms with van der Waals surface area (Å²) in [6.07, 6.45) is -5.08. The van der Waals surface area contributed by atoms with Gasteiger partial charge in [0.2, 0.25) is 5.82 Å². The van der Waals surface area contributed by atoms with Gasteiger partial charge in [0, 0.05) is 19.6 Å². The van der Waals surface area contributed by atoms with Crippen molar-refractivity contribution in [3.05, 3.63) is 41.2 Å². The lowest BCUT2D eigenvalue weighted by molar-refractivity contribution is -0.299. The van der Waals surface area contributed by atoms with E-state index in [9.17, 15) is 26.3 Å². The Bertz CT molecular complexity index is 868. The molecule has 0 bridgehead atoms. The Morgan fingerprint density at radius 1 is 0.914 bits per heavy atom. The topological polar surface area (TPSA) is 36.9 Å². The minimum absolute atomic E-state index is 0.0280. The molecule has 1 saturated carbocycles. The molecule has 0 radical (unpaired) electrons. The highest BCUT2D eigenvalue weighted by molar-refractivity contribution is 5.33. The molecule has 1 atom stereocenters. The van der Waals surface area contributed by atoms with Gasteiger partial charge in [0.05, 0.1) is 24.4 Å². The van der Waals surface area contributed by atoms with E-state index in [0.29, 0.717) is 38.0 Å². The van der Waals surface area contributed by atoms with E-state index in [4.69, 9.17) is 14.2 Å². The third-order valence-corrected chi connectivity index (χ3v) is 6.44. The third-order valence-electron chi connectivity index (χ3n) is 6.44. The summed E-state index contributed by atoms with van der Waals surface area (Å²) in [5.74, 6) is -4.93. The smallest absolute Gasteiger partial charge is 0.429 e. The predicted octanol–water partition coefficient (Wildman–Crippen LogP) is 7.32. The van der Waals surface area contributed by atoms with E-state index in [1.807, 2.05) is 6.92 Å². The number of halogens is 6. The molecule has 0 aliphatic heterocycles. The van der Waals surface area contributed by atoms with Crippen LogP contribution in [0.25, 0.3) is 0 Å². The van der Waals surface area contributed by atoms with Crippen LogP contribution >= 0.6 is 0 Å². The summed E-state index contributed by atoms with van der Waals surface area (Å²) < 4.78 is 107. The molecule has 2 aliphatic carbocycles. The van der Waals surface area contributed by atoms with Crippen LogP contribution in [0.5, 0.6) is 5.75 Å². The molecular weight excluding hydrogens is 478 g/mol. The minimum Gasteiger partial charge on any atom is -0.491 e. The maximum atomic E-state index is 14.8. The molecule has 35 heavy (non-hydrogen) atoms. The number of allylic oxidation sites excluding steroid dienone is 2. The average molecular weight is 511 g/mol. The molecule has 1 aromatic carbocycles. The second-order valence-electron chi connectivity index (χ2n) is 8.91. The second-order valence-corrected chi connectivity index (χ2v) is 8.91. The Morgan fingerprint density at radius 3 is 2.23 bits per heavy atom. The number of hydrogen-bond acceptors (Lipinski definition) is 4. The summed E-state index contributed by atoms with van der Waals surface area (Å²) in [7, 11) is 0. The van der Waals surface area contributed by atoms with Gasteiger partial charge < -0.3 is 18.9 Å². The molecule has 0 amide bonds. The van der Waals surface area contributed by atoms with Gasteiger partial charge in [-0.2, -0.15) is 22.0 Å². The summed E-state index contributed by atoms with van der Waals surface area (Å²) in [5.41, 5.74) is -1.30. The number of benzene rings is 1. The fourth-order valence-corrected chi connectivity index (χ4v) is 4.47. The molecule has 0 heterocycles. The zero-order chi connectivity index (χ0) is 25.6. The van der Waals surface area contributed by atoms with Crippen LogP contribution in [0.15, 0.2) is 24.0 Å². The maximum Gasteiger partial charge on any atom is 0.429 e. The SMILES string of the molecule is CCOCC1CCC(OC(F)(F)C2CC=C(OC(F)(F)c3ccc(OCC)c(F)c3F)CC2)CC1. The van der Waals surface area contributed by atoms with Gasteiger partial charge in [0.15, 0.2) is 11.6 Å². The lowest BCUT2D eigenvalue weighted by Crippen LogP contribution is -2.38. The Hall–Kier alpha value is -1.94. The zero-order valence-electron chi connectivity index (χ0n) is 19.9. The van der Waals surface area contributed by atoms with Crippen molar-refractivity contribution in [3.63, 3.8) is 0 Å². The first kappa shape index (κ1) is 27.6. The van der Waals surface area contributed by atoms with Crippen molar-refractivity contribution in [2.75, 3.05) is 19.8 Å². The molecule has 0 saturated heterocycles. The standard InChI is InChI=1S/C25H32F6O4/c1-3-32-15-16-5-9-18(10-6-16)34-24(28,29)17-7-11-19(12-8-17)35-25(30,31)20-13-14-21(33-4-2)23(27)22(20)26/h11,13-14,16-18H,3-10,12,15H2,1-2H3. The Labute approximate surface area is 201 Å². The van der Waals surface area contributed by atoms with Crippen LogP contribution in [-0.4, -0.2) is 32.0 Å². The normalized spacial score (nSPS) is 23.7. The van der Waals surface area contributed by atoms with Crippen molar-refractivity contribution >= 4 is 0 Å². The Kier molecular flexibility index (Phi) is 9.37. The van der Waals surface area contributed by atoms with Gasteiger partial charge >= 0.3 is 12.2 Å². The molecule has 0 spiro atoms. The summed E-state index contributed by atoms with van der Waals surface area (Å²) in [5, 5.41) is 0. The van der Waals surface area contributed by atoms with E-state index in [1.54, 1.807) is 0 Å². The second kappa shape index (κ2) is 11.9. The van der Waals surface area contributed by atoms with Crippen molar-refractivity contribution in [1.29, 1.82) is 0 Å². The molecule has 0 N–H and O–H groups in total. The van der Waals surface area contributed by atoms with Crippen LogP contribution in [0.4, 0.5) is 26.3 Å². The van der Waals surface area contributed by atoms with Gasteiger partial charge in [0.1, 0.15) is 5.56 Å². The fraction of sp³-hybridized carbons (Fsp3) is 0.680. The van der Waals surface area contributed by atoms with Crippen LogP contribution in [0.2, 0.25) is 0 Å². The van der Waals surface area contributed by atoms with Crippen molar-refractivity contribution in [2.45, 2.75) is 77.1 Å². The molecule has 2 aliphatic rings. The van der Waals surface area contributed by atoms with Crippen LogP contribution < -0.4 is 4.74 Å². The minimum atomic E-state index is -4.19. The highest BCUT2D eigenvalue weighted by Gasteiger charge is 2.45. The molecule has 1 fully saturated rings. The summed E-state index contributed by atoms with van der Waals surface area (Å²) in [6, 6.07) is 1.57. The van der Waals surface area contributed by atoms with Crippen molar-refractivity contribution in [3.8, 4) is 5.75 Å². The van der Waals surface area contributed by atoms with E-state index >= 15 is 0 Å². The van der Waals surface area contributed by atoms with Gasteiger partial charge in [-0.1, -0.05) is 0 Å². The van der Waals surface area contributed by atoms with E-state index in [2.05, 4.69) is 4.74 Å². The summed E-state index contributed by atoms with van der Waals surface area (Å²) in [4.78, 5) is 0. The van der Waals surface area contributed by atoms with Crippen LogP contribution in [0.1, 0.15) is 64.4 Å². The quantitative estimate of drug-likeness (QED) is 0.293. The van der Waals surface area contributed by atoms with Gasteiger partial charge in [-0.15, -0.1) is 0 Å². The number of ether oxygens (including phenoxy) is 4. The van der Waals surface area contributed by atoms with Gasteiger partial charge in [0.25, 0.3) is 0 Å². The molecule has 198 valence electrons. The monoisotopic (exact) mass is 510 g/mol. The van der Waals surface area contributed by atoms with Crippen LogP contribution in [0.3, 0.4) is 0 Å². The predicted molar refractivity (Wildman–Crippen MR) is 116 cm³/mol. The van der Waals surface area contributed by atoms with Crippen molar-refractivity contribution in [1.82, 2.24) is 0 Å². The summed E-state index contributed by atoms with van der Waals surface area (Å²) in [6.45, 7) is 4.71. The highest BCUT2D eigenvalue weighted by Crippen LogP contribution is 2.43. The Balaban J connectivity index is 1.56. The first-order valence-electron chi connectivity index (χ1n) is 12.1. The van der Waals surface area contributed by atoms with Gasteiger partial charge in [-0.05, 0) is 76.5 Å². The van der Waals surface area contributed by atoms with Crippen molar-refractivity contribution < 1.29 is 45.3 Å². The largest absolute Gasteiger partial charge is 0.491 e. The zero-order valence-corrected chi connectivity index (χ0v) is 19.9. The highest BCUT2D eigenvalue weighted by atomic mass is 19.3. The summed E-state index contributed by atoms with van der Waals surface area (Å²) >= 11 is 0. The fourth-order valence-electron chi connectivity index (χ4n) is 4.47. The van der Waals surface area contributed by atoms with Crippen LogP contribution in [-0.2, 0) is 20.3 Å². The van der Waals surface area contributed by atoms with E-state index in [1.165, 1.54) is 6.92 Å². The number of hydrogen-bond donors (Lipinski definition) is 0. The van der Waals surface area contributed by atoms with Crippen LogP contribution in [0, 0.1) is 23.5 Å². The van der Waals surface area contributed by atoms with E-state index < -0.39 is 47.2 Å². The number of rotatable bonds is 11. The first-order chi connectivity index (χ1) is 16.6. The molecule has 4 nitrogen and oxygen atoms in total. The molecular formula is C25H32F6O4.